The fraction of sp³-hybridized carbons (Fsp3) is 0.600. The Kier molecular flexibility index (Phi) is 4.08. The normalized spacial score (nSPS) is 11.1. The van der Waals surface area contributed by atoms with E-state index in [0.717, 1.165) is 11.4 Å². The maximum atomic E-state index is 11.5. The summed E-state index contributed by atoms with van der Waals surface area (Å²) in [5.74, 6) is 0. The Morgan fingerprint density at radius 2 is 2.33 bits per heavy atom. The van der Waals surface area contributed by atoms with E-state index in [4.69, 9.17) is 0 Å². The van der Waals surface area contributed by atoms with E-state index in [0.29, 0.717) is 6.54 Å². The summed E-state index contributed by atoms with van der Waals surface area (Å²) in [6, 6.07) is -0.142. The van der Waals surface area contributed by atoms with E-state index in [1.807, 2.05) is 26.2 Å². The summed E-state index contributed by atoms with van der Waals surface area (Å²) >= 11 is 1.54. The smallest absolute Gasteiger partial charge is 0.315 e. The molecule has 0 fully saturated rings. The number of urea groups is 1. The first-order valence-electron chi connectivity index (χ1n) is 5.02. The van der Waals surface area contributed by atoms with E-state index in [1.54, 1.807) is 17.5 Å². The largest absolute Gasteiger partial charge is 0.338 e. The van der Waals surface area contributed by atoms with Gasteiger partial charge in [-0.2, -0.15) is 0 Å². The SMILES string of the molecule is CCCNC(=O)NC(C)(C)c1nccs1. The van der Waals surface area contributed by atoms with Crippen LogP contribution in [0.4, 0.5) is 4.79 Å². The Morgan fingerprint density at radius 3 is 2.87 bits per heavy atom. The van der Waals surface area contributed by atoms with Gasteiger partial charge in [-0.3, -0.25) is 0 Å². The third-order valence-corrected chi connectivity index (χ3v) is 3.03. The topological polar surface area (TPSA) is 54.0 Å². The predicted octanol–water partition coefficient (Wildman–Crippen LogP) is 2.09. The number of nitrogens with zero attached hydrogens (tertiary/aromatic N) is 1. The minimum Gasteiger partial charge on any atom is -0.338 e. The lowest BCUT2D eigenvalue weighted by atomic mass is 10.1. The van der Waals surface area contributed by atoms with Crippen molar-refractivity contribution in [3.63, 3.8) is 0 Å². The summed E-state index contributed by atoms with van der Waals surface area (Å²) in [7, 11) is 0. The number of aromatic nitrogens is 1. The summed E-state index contributed by atoms with van der Waals surface area (Å²) in [4.78, 5) is 15.7. The van der Waals surface area contributed by atoms with Crippen LogP contribution in [0.25, 0.3) is 0 Å². The average molecular weight is 227 g/mol. The molecule has 1 aromatic heterocycles. The maximum Gasteiger partial charge on any atom is 0.315 e. The number of thiazole rings is 1. The van der Waals surface area contributed by atoms with Crippen molar-refractivity contribution in [1.29, 1.82) is 0 Å². The number of carbonyl (C=O) groups excluding carboxylic acids is 1. The van der Waals surface area contributed by atoms with Crippen molar-refractivity contribution >= 4 is 17.4 Å². The molecule has 0 aliphatic rings. The Bertz CT molecular complexity index is 308. The molecule has 5 heteroatoms. The Morgan fingerprint density at radius 1 is 1.60 bits per heavy atom. The van der Waals surface area contributed by atoms with Crippen LogP contribution in [0.15, 0.2) is 11.6 Å². The van der Waals surface area contributed by atoms with Crippen molar-refractivity contribution < 1.29 is 4.79 Å². The van der Waals surface area contributed by atoms with Gasteiger partial charge in [0.25, 0.3) is 0 Å². The molecule has 0 unspecified atom stereocenters. The van der Waals surface area contributed by atoms with Crippen molar-refractivity contribution in [3.05, 3.63) is 16.6 Å². The van der Waals surface area contributed by atoms with Gasteiger partial charge in [0, 0.05) is 18.1 Å². The molecule has 84 valence electrons. The molecule has 0 aliphatic carbocycles. The second-order valence-electron chi connectivity index (χ2n) is 3.84. The third-order valence-electron chi connectivity index (χ3n) is 1.93. The number of nitrogens with one attached hydrogen (secondary N) is 2. The lowest BCUT2D eigenvalue weighted by Crippen LogP contribution is -2.46. The van der Waals surface area contributed by atoms with Crippen LogP contribution >= 0.6 is 11.3 Å². The van der Waals surface area contributed by atoms with Crippen LogP contribution in [0.1, 0.15) is 32.2 Å². The van der Waals surface area contributed by atoms with E-state index in [9.17, 15) is 4.79 Å². The minimum absolute atomic E-state index is 0.142. The van der Waals surface area contributed by atoms with Gasteiger partial charge in [-0.1, -0.05) is 6.92 Å². The van der Waals surface area contributed by atoms with Gasteiger partial charge in [-0.05, 0) is 20.3 Å². The quantitative estimate of drug-likeness (QED) is 0.827. The van der Waals surface area contributed by atoms with Gasteiger partial charge >= 0.3 is 6.03 Å². The lowest BCUT2D eigenvalue weighted by Gasteiger charge is -2.23. The van der Waals surface area contributed by atoms with E-state index in [2.05, 4.69) is 15.6 Å². The van der Waals surface area contributed by atoms with Crippen LogP contribution < -0.4 is 10.6 Å². The molecule has 0 saturated carbocycles. The number of amides is 2. The van der Waals surface area contributed by atoms with Crippen molar-refractivity contribution in [3.8, 4) is 0 Å². The fourth-order valence-electron chi connectivity index (χ4n) is 1.15. The van der Waals surface area contributed by atoms with Crippen LogP contribution in [-0.2, 0) is 5.54 Å². The first-order chi connectivity index (χ1) is 7.06. The molecule has 0 radical (unpaired) electrons. The molecular weight excluding hydrogens is 210 g/mol. The van der Waals surface area contributed by atoms with Crippen molar-refractivity contribution in [1.82, 2.24) is 15.6 Å². The van der Waals surface area contributed by atoms with Crippen molar-refractivity contribution in [2.24, 2.45) is 0 Å². The zero-order valence-corrected chi connectivity index (χ0v) is 10.1. The second-order valence-corrected chi connectivity index (χ2v) is 4.74. The minimum atomic E-state index is -0.411. The van der Waals surface area contributed by atoms with Crippen LogP contribution in [0.2, 0.25) is 0 Å². The molecule has 0 aliphatic heterocycles. The molecule has 0 saturated heterocycles. The average Bonchev–Trinajstić information content (AvgIpc) is 2.67. The van der Waals surface area contributed by atoms with Gasteiger partial charge in [0.1, 0.15) is 5.01 Å². The lowest BCUT2D eigenvalue weighted by molar-refractivity contribution is 0.230. The highest BCUT2D eigenvalue weighted by Gasteiger charge is 2.24. The molecule has 4 nitrogen and oxygen atoms in total. The predicted molar refractivity (Wildman–Crippen MR) is 62.0 cm³/mol. The highest BCUT2D eigenvalue weighted by atomic mass is 32.1. The van der Waals surface area contributed by atoms with Crippen LogP contribution in [-0.4, -0.2) is 17.6 Å². The van der Waals surface area contributed by atoms with Gasteiger partial charge in [0.2, 0.25) is 0 Å². The van der Waals surface area contributed by atoms with Gasteiger partial charge in [-0.15, -0.1) is 11.3 Å². The zero-order chi connectivity index (χ0) is 11.3. The number of hydrogen-bond donors (Lipinski definition) is 2. The molecule has 0 bridgehead atoms. The van der Waals surface area contributed by atoms with E-state index < -0.39 is 5.54 Å². The third kappa shape index (κ3) is 3.51. The standard InChI is InChI=1S/C10H17N3OS/c1-4-5-12-9(14)13-10(2,3)8-11-6-7-15-8/h6-7H,4-5H2,1-3H3,(H2,12,13,14). The Balaban J connectivity index is 2.53. The monoisotopic (exact) mass is 227 g/mol. The first-order valence-corrected chi connectivity index (χ1v) is 5.90. The summed E-state index contributed by atoms with van der Waals surface area (Å²) in [6.45, 7) is 6.60. The number of rotatable bonds is 4. The molecular formula is C10H17N3OS. The van der Waals surface area contributed by atoms with Gasteiger partial charge in [0.05, 0.1) is 5.54 Å². The highest BCUT2D eigenvalue weighted by Crippen LogP contribution is 2.21. The van der Waals surface area contributed by atoms with E-state index in [-0.39, 0.29) is 6.03 Å². The molecule has 1 heterocycles. The Hall–Kier alpha value is -1.10. The molecule has 0 atom stereocenters. The van der Waals surface area contributed by atoms with Gasteiger partial charge in [-0.25, -0.2) is 9.78 Å². The van der Waals surface area contributed by atoms with Crippen molar-refractivity contribution in [2.75, 3.05) is 6.54 Å². The second kappa shape index (κ2) is 5.11. The molecule has 1 aromatic rings. The molecule has 0 spiro atoms. The fourth-order valence-corrected chi connectivity index (χ4v) is 1.87. The molecule has 2 N–H and O–H groups in total. The van der Waals surface area contributed by atoms with E-state index in [1.165, 1.54) is 0 Å². The summed E-state index contributed by atoms with van der Waals surface area (Å²) in [5.41, 5.74) is -0.411. The summed E-state index contributed by atoms with van der Waals surface area (Å²) in [6.07, 6.45) is 2.68. The van der Waals surface area contributed by atoms with Gasteiger partial charge in [0.15, 0.2) is 0 Å². The Labute approximate surface area is 94.1 Å². The summed E-state index contributed by atoms with van der Waals surface area (Å²) in [5, 5.41) is 8.49. The summed E-state index contributed by atoms with van der Waals surface area (Å²) < 4.78 is 0. The van der Waals surface area contributed by atoms with Crippen LogP contribution in [0, 0.1) is 0 Å². The zero-order valence-electron chi connectivity index (χ0n) is 9.33. The number of carbonyl (C=O) groups is 1. The van der Waals surface area contributed by atoms with Crippen LogP contribution in [0.5, 0.6) is 0 Å². The van der Waals surface area contributed by atoms with Crippen LogP contribution in [0.3, 0.4) is 0 Å². The molecule has 1 rings (SSSR count). The molecule has 2 amide bonds. The maximum absolute atomic E-state index is 11.5. The molecule has 15 heavy (non-hydrogen) atoms. The van der Waals surface area contributed by atoms with Crippen molar-refractivity contribution in [2.45, 2.75) is 32.7 Å². The number of hydrogen-bond acceptors (Lipinski definition) is 3. The molecule has 0 aromatic carbocycles. The highest BCUT2D eigenvalue weighted by molar-refractivity contribution is 7.09. The first kappa shape index (κ1) is 12.0. The van der Waals surface area contributed by atoms with E-state index >= 15 is 0 Å². The van der Waals surface area contributed by atoms with Gasteiger partial charge < -0.3 is 10.6 Å².